The van der Waals surface area contributed by atoms with Gasteiger partial charge in [0.1, 0.15) is 11.8 Å². The molecule has 0 aliphatic heterocycles. The number of anilines is 1. The van der Waals surface area contributed by atoms with Crippen molar-refractivity contribution in [2.24, 2.45) is 5.10 Å². The van der Waals surface area contributed by atoms with Gasteiger partial charge in [-0.15, -0.1) is 0 Å². The molecule has 2 aromatic carbocycles. The van der Waals surface area contributed by atoms with Crippen molar-refractivity contribution < 1.29 is 14.3 Å². The number of nitriles is 1. The lowest BCUT2D eigenvalue weighted by Crippen LogP contribution is -2.32. The van der Waals surface area contributed by atoms with Gasteiger partial charge in [0.25, 0.3) is 0 Å². The molecule has 0 aromatic heterocycles. The van der Waals surface area contributed by atoms with Crippen molar-refractivity contribution >= 4 is 23.2 Å². The third-order valence-electron chi connectivity index (χ3n) is 3.42. The first-order chi connectivity index (χ1) is 12.5. The second kappa shape index (κ2) is 8.99. The fourth-order valence-corrected chi connectivity index (χ4v) is 1.98. The molecule has 0 fully saturated rings. The summed E-state index contributed by atoms with van der Waals surface area (Å²) in [6, 6.07) is 15.8. The molecular weight excluding hydrogens is 332 g/mol. The van der Waals surface area contributed by atoms with Gasteiger partial charge >= 0.3 is 11.8 Å². The van der Waals surface area contributed by atoms with Gasteiger partial charge in [0.15, 0.2) is 6.61 Å². The highest BCUT2D eigenvalue weighted by Gasteiger charge is 2.13. The van der Waals surface area contributed by atoms with Crippen LogP contribution in [0.1, 0.15) is 18.1 Å². The largest absolute Gasteiger partial charge is 0.479 e. The number of aryl methyl sites for hydroxylation is 1. The SMILES string of the molecule is C/C(=N/NC(=O)C(=O)Nc1ccc(C)cc1)c1ccc(OCC#N)cc1. The molecular formula is C19H18N4O3. The highest BCUT2D eigenvalue weighted by molar-refractivity contribution is 6.39. The summed E-state index contributed by atoms with van der Waals surface area (Å²) in [5, 5.41) is 14.9. The van der Waals surface area contributed by atoms with Crippen LogP contribution >= 0.6 is 0 Å². The van der Waals surface area contributed by atoms with Crippen LogP contribution in [0.15, 0.2) is 53.6 Å². The van der Waals surface area contributed by atoms with Crippen molar-refractivity contribution in [3.05, 3.63) is 59.7 Å². The summed E-state index contributed by atoms with van der Waals surface area (Å²) < 4.78 is 5.16. The first kappa shape index (κ1) is 18.7. The lowest BCUT2D eigenvalue weighted by Gasteiger charge is -2.06. The lowest BCUT2D eigenvalue weighted by atomic mass is 10.1. The van der Waals surface area contributed by atoms with E-state index in [4.69, 9.17) is 10.00 Å². The Morgan fingerprint density at radius 3 is 2.35 bits per heavy atom. The van der Waals surface area contributed by atoms with E-state index in [1.165, 1.54) is 0 Å². The minimum Gasteiger partial charge on any atom is -0.479 e. The highest BCUT2D eigenvalue weighted by atomic mass is 16.5. The Balaban J connectivity index is 1.92. The predicted octanol–water partition coefficient (Wildman–Crippen LogP) is 2.38. The number of nitrogens with one attached hydrogen (secondary N) is 2. The molecule has 2 amide bonds. The predicted molar refractivity (Wildman–Crippen MR) is 97.7 cm³/mol. The molecule has 7 heteroatoms. The van der Waals surface area contributed by atoms with Gasteiger partial charge in [0.05, 0.1) is 5.71 Å². The molecule has 0 saturated carbocycles. The fourth-order valence-electron chi connectivity index (χ4n) is 1.98. The maximum atomic E-state index is 11.9. The molecule has 0 radical (unpaired) electrons. The van der Waals surface area contributed by atoms with Crippen LogP contribution in [0.25, 0.3) is 0 Å². The monoisotopic (exact) mass is 350 g/mol. The van der Waals surface area contributed by atoms with Gasteiger partial charge in [-0.05, 0) is 55.8 Å². The standard InChI is InChI=1S/C19H18N4O3/c1-13-3-7-16(8-4-13)21-18(24)19(25)23-22-14(2)15-5-9-17(10-6-15)26-12-11-20/h3-10H,12H2,1-2H3,(H,21,24)(H,23,25)/b22-14-. The third-order valence-corrected chi connectivity index (χ3v) is 3.42. The molecule has 0 spiro atoms. The lowest BCUT2D eigenvalue weighted by molar-refractivity contribution is -0.136. The number of hydrazone groups is 1. The van der Waals surface area contributed by atoms with E-state index in [2.05, 4.69) is 15.8 Å². The molecule has 0 aliphatic carbocycles. The van der Waals surface area contributed by atoms with Crippen LogP contribution in [0.4, 0.5) is 5.69 Å². The van der Waals surface area contributed by atoms with Gasteiger partial charge in [-0.2, -0.15) is 10.4 Å². The summed E-state index contributed by atoms with van der Waals surface area (Å²) in [6.45, 7) is 3.60. The van der Waals surface area contributed by atoms with Crippen molar-refractivity contribution in [1.82, 2.24) is 5.43 Å². The number of amides is 2. The van der Waals surface area contributed by atoms with E-state index in [1.807, 2.05) is 25.1 Å². The zero-order chi connectivity index (χ0) is 18.9. The van der Waals surface area contributed by atoms with E-state index in [0.29, 0.717) is 17.1 Å². The summed E-state index contributed by atoms with van der Waals surface area (Å²) in [7, 11) is 0. The number of ether oxygens (including phenoxy) is 1. The van der Waals surface area contributed by atoms with E-state index in [-0.39, 0.29) is 6.61 Å². The van der Waals surface area contributed by atoms with Gasteiger partial charge in [-0.25, -0.2) is 5.43 Å². The Kier molecular flexibility index (Phi) is 6.46. The second-order valence-corrected chi connectivity index (χ2v) is 5.43. The number of carbonyl (C=O) groups is 2. The van der Waals surface area contributed by atoms with Crippen molar-refractivity contribution in [2.75, 3.05) is 11.9 Å². The van der Waals surface area contributed by atoms with Gasteiger partial charge in [-0.3, -0.25) is 9.59 Å². The van der Waals surface area contributed by atoms with Gasteiger partial charge in [-0.1, -0.05) is 17.7 Å². The quantitative estimate of drug-likeness (QED) is 0.491. The minimum atomic E-state index is -0.862. The highest BCUT2D eigenvalue weighted by Crippen LogP contribution is 2.12. The topological polar surface area (TPSA) is 104 Å². The molecule has 132 valence electrons. The Hall–Kier alpha value is -3.66. The van der Waals surface area contributed by atoms with Gasteiger partial charge < -0.3 is 10.1 Å². The van der Waals surface area contributed by atoms with Crippen LogP contribution in [0, 0.1) is 18.3 Å². The number of nitrogens with zero attached hydrogens (tertiary/aromatic N) is 2. The zero-order valence-electron chi connectivity index (χ0n) is 14.4. The molecule has 26 heavy (non-hydrogen) atoms. The van der Waals surface area contributed by atoms with Gasteiger partial charge in [0.2, 0.25) is 0 Å². The summed E-state index contributed by atoms with van der Waals surface area (Å²) in [5.74, 6) is -1.10. The van der Waals surface area contributed by atoms with E-state index in [1.54, 1.807) is 43.3 Å². The van der Waals surface area contributed by atoms with Crippen molar-refractivity contribution in [3.63, 3.8) is 0 Å². The molecule has 2 rings (SSSR count). The molecule has 0 unspecified atom stereocenters. The van der Waals surface area contributed by atoms with Crippen LogP contribution in [0.2, 0.25) is 0 Å². The van der Waals surface area contributed by atoms with Gasteiger partial charge in [0, 0.05) is 5.69 Å². The van der Waals surface area contributed by atoms with E-state index >= 15 is 0 Å². The summed E-state index contributed by atoms with van der Waals surface area (Å²) in [5.41, 5.74) is 5.07. The number of rotatable bonds is 5. The Bertz CT molecular complexity index is 850. The molecule has 2 N–H and O–H groups in total. The first-order valence-electron chi connectivity index (χ1n) is 7.82. The maximum absolute atomic E-state index is 11.9. The van der Waals surface area contributed by atoms with Crippen molar-refractivity contribution in [3.8, 4) is 11.8 Å². The number of hydrogen-bond acceptors (Lipinski definition) is 5. The zero-order valence-corrected chi connectivity index (χ0v) is 14.4. The van der Waals surface area contributed by atoms with Crippen molar-refractivity contribution in [2.45, 2.75) is 13.8 Å². The fraction of sp³-hybridized carbons (Fsp3) is 0.158. The number of hydrogen-bond donors (Lipinski definition) is 2. The number of benzene rings is 2. The molecule has 7 nitrogen and oxygen atoms in total. The average molecular weight is 350 g/mol. The van der Waals surface area contributed by atoms with E-state index in [9.17, 15) is 9.59 Å². The maximum Gasteiger partial charge on any atom is 0.329 e. The molecule has 2 aromatic rings. The second-order valence-electron chi connectivity index (χ2n) is 5.43. The van der Waals surface area contributed by atoms with E-state index in [0.717, 1.165) is 11.1 Å². The smallest absolute Gasteiger partial charge is 0.329 e. The van der Waals surface area contributed by atoms with E-state index < -0.39 is 11.8 Å². The normalized spacial score (nSPS) is 10.6. The van der Waals surface area contributed by atoms with Crippen LogP contribution in [0.3, 0.4) is 0 Å². The Labute approximate surface area is 151 Å². The summed E-state index contributed by atoms with van der Waals surface area (Å²) in [6.07, 6.45) is 0. The molecule has 0 heterocycles. The van der Waals surface area contributed by atoms with Crippen LogP contribution in [-0.2, 0) is 9.59 Å². The minimum absolute atomic E-state index is 0.0292. The molecule has 0 atom stereocenters. The molecule has 0 bridgehead atoms. The molecule has 0 aliphatic rings. The van der Waals surface area contributed by atoms with Crippen LogP contribution in [0.5, 0.6) is 5.75 Å². The third kappa shape index (κ3) is 5.46. The van der Waals surface area contributed by atoms with Crippen LogP contribution < -0.4 is 15.5 Å². The molecule has 0 saturated heterocycles. The Morgan fingerprint density at radius 2 is 1.73 bits per heavy atom. The van der Waals surface area contributed by atoms with Crippen LogP contribution in [-0.4, -0.2) is 24.1 Å². The average Bonchev–Trinajstić information content (AvgIpc) is 2.66. The summed E-state index contributed by atoms with van der Waals surface area (Å²) >= 11 is 0. The first-order valence-corrected chi connectivity index (χ1v) is 7.82. The van der Waals surface area contributed by atoms with Crippen molar-refractivity contribution in [1.29, 1.82) is 5.26 Å². The summed E-state index contributed by atoms with van der Waals surface area (Å²) in [4.78, 5) is 23.7. The number of carbonyl (C=O) groups excluding carboxylic acids is 2. The Morgan fingerprint density at radius 1 is 1.08 bits per heavy atom.